The third kappa shape index (κ3) is 3.90. The van der Waals surface area contributed by atoms with Crippen LogP contribution in [0.25, 0.3) is 10.8 Å². The van der Waals surface area contributed by atoms with E-state index in [4.69, 9.17) is 4.74 Å². The molecule has 2 aromatic rings. The fraction of sp³-hybridized carbons (Fsp3) is 0.500. The van der Waals surface area contributed by atoms with Gasteiger partial charge in [0.2, 0.25) is 0 Å². The van der Waals surface area contributed by atoms with Crippen LogP contribution in [0.3, 0.4) is 0 Å². The maximum atomic E-state index is 6.27. The lowest BCUT2D eigenvalue weighted by molar-refractivity contribution is 0.100. The highest BCUT2D eigenvalue weighted by Gasteiger charge is 2.20. The van der Waals surface area contributed by atoms with Crippen LogP contribution in [0.15, 0.2) is 30.6 Å². The Labute approximate surface area is 139 Å². The van der Waals surface area contributed by atoms with E-state index < -0.39 is 0 Å². The molecule has 0 aliphatic carbocycles. The molecule has 0 amide bonds. The topological polar surface area (TPSA) is 25.4 Å². The van der Waals surface area contributed by atoms with Gasteiger partial charge in [0, 0.05) is 30.9 Å². The van der Waals surface area contributed by atoms with Crippen LogP contribution in [0.2, 0.25) is 0 Å². The minimum atomic E-state index is 0. The highest BCUT2D eigenvalue weighted by molar-refractivity contribution is 5.85. The Morgan fingerprint density at radius 3 is 2.73 bits per heavy atom. The summed E-state index contributed by atoms with van der Waals surface area (Å²) in [6.45, 7) is 7.91. The molecule has 1 fully saturated rings. The van der Waals surface area contributed by atoms with E-state index in [1.807, 2.05) is 18.5 Å². The molecule has 1 saturated heterocycles. The van der Waals surface area contributed by atoms with Crippen molar-refractivity contribution >= 4 is 23.2 Å². The summed E-state index contributed by atoms with van der Waals surface area (Å²) in [5, 5.41) is 2.38. The number of halogens is 1. The Bertz CT molecular complexity index is 609. The number of nitrogens with zero attached hydrogens (tertiary/aromatic N) is 2. The normalized spacial score (nSPS) is 16.5. The molecule has 0 spiro atoms. The Kier molecular flexibility index (Phi) is 6.04. The van der Waals surface area contributed by atoms with Crippen molar-refractivity contribution in [1.82, 2.24) is 9.88 Å². The van der Waals surface area contributed by atoms with Crippen molar-refractivity contribution in [3.63, 3.8) is 0 Å². The number of rotatable bonds is 4. The summed E-state index contributed by atoms with van der Waals surface area (Å²) in [5.74, 6) is 1.03. The SMILES string of the molecule is CCCN1CCC(Oc2cc3ccncc3cc2C)CC1.Cl. The fourth-order valence-corrected chi connectivity index (χ4v) is 3.10. The van der Waals surface area contributed by atoms with E-state index in [9.17, 15) is 0 Å². The molecule has 1 aromatic carbocycles. The van der Waals surface area contributed by atoms with Gasteiger partial charge in [0.15, 0.2) is 0 Å². The number of pyridine rings is 1. The van der Waals surface area contributed by atoms with Crippen molar-refractivity contribution in [2.24, 2.45) is 0 Å². The molecule has 22 heavy (non-hydrogen) atoms. The van der Waals surface area contributed by atoms with Gasteiger partial charge in [-0.25, -0.2) is 0 Å². The van der Waals surface area contributed by atoms with Gasteiger partial charge in [0.05, 0.1) is 0 Å². The van der Waals surface area contributed by atoms with E-state index in [1.54, 1.807) is 0 Å². The van der Waals surface area contributed by atoms with Crippen LogP contribution in [0.1, 0.15) is 31.7 Å². The second kappa shape index (κ2) is 7.80. The first-order valence-corrected chi connectivity index (χ1v) is 7.99. The highest BCUT2D eigenvalue weighted by atomic mass is 35.5. The van der Waals surface area contributed by atoms with Crippen LogP contribution >= 0.6 is 12.4 Å². The number of likely N-dealkylation sites (tertiary alicyclic amines) is 1. The first-order valence-electron chi connectivity index (χ1n) is 7.99. The number of ether oxygens (including phenoxy) is 1. The van der Waals surface area contributed by atoms with Crippen molar-refractivity contribution in [2.45, 2.75) is 39.2 Å². The molecule has 0 saturated carbocycles. The predicted molar refractivity (Wildman–Crippen MR) is 94.1 cm³/mol. The second-order valence-corrected chi connectivity index (χ2v) is 6.00. The zero-order chi connectivity index (χ0) is 14.7. The molecule has 0 unspecified atom stereocenters. The van der Waals surface area contributed by atoms with Gasteiger partial charge < -0.3 is 9.64 Å². The van der Waals surface area contributed by atoms with E-state index in [0.29, 0.717) is 6.10 Å². The summed E-state index contributed by atoms with van der Waals surface area (Å²) in [4.78, 5) is 6.72. The zero-order valence-electron chi connectivity index (χ0n) is 13.4. The summed E-state index contributed by atoms with van der Waals surface area (Å²) in [7, 11) is 0. The van der Waals surface area contributed by atoms with Gasteiger partial charge in [-0.3, -0.25) is 4.98 Å². The summed E-state index contributed by atoms with van der Waals surface area (Å²) < 4.78 is 6.27. The van der Waals surface area contributed by atoms with Gasteiger partial charge in [-0.2, -0.15) is 0 Å². The van der Waals surface area contributed by atoms with E-state index in [-0.39, 0.29) is 12.4 Å². The monoisotopic (exact) mass is 320 g/mol. The molecule has 2 heterocycles. The lowest BCUT2D eigenvalue weighted by Crippen LogP contribution is -2.38. The van der Waals surface area contributed by atoms with Gasteiger partial charge in [0.25, 0.3) is 0 Å². The summed E-state index contributed by atoms with van der Waals surface area (Å²) in [5.41, 5.74) is 1.20. The Morgan fingerprint density at radius 1 is 1.23 bits per heavy atom. The quantitative estimate of drug-likeness (QED) is 0.843. The number of hydrogen-bond acceptors (Lipinski definition) is 3. The van der Waals surface area contributed by atoms with Crippen molar-refractivity contribution in [3.8, 4) is 5.75 Å². The lowest BCUT2D eigenvalue weighted by atomic mass is 10.1. The van der Waals surface area contributed by atoms with Crippen molar-refractivity contribution in [2.75, 3.05) is 19.6 Å². The standard InChI is InChI=1S/C18H24N2O.ClH/c1-3-8-20-9-5-17(6-10-20)21-18-12-15-4-7-19-13-16(15)11-14(18)2;/h4,7,11-13,17H,3,5-6,8-10H2,1-2H3;1H. The Hall–Kier alpha value is -1.32. The third-order valence-electron chi connectivity index (χ3n) is 4.30. The van der Waals surface area contributed by atoms with Crippen molar-refractivity contribution < 1.29 is 4.74 Å². The van der Waals surface area contributed by atoms with E-state index >= 15 is 0 Å². The molecule has 3 nitrogen and oxygen atoms in total. The van der Waals surface area contributed by atoms with Gasteiger partial charge >= 0.3 is 0 Å². The maximum absolute atomic E-state index is 6.27. The van der Waals surface area contributed by atoms with Crippen molar-refractivity contribution in [3.05, 3.63) is 36.2 Å². The first-order chi connectivity index (χ1) is 10.3. The molecule has 0 atom stereocenters. The lowest BCUT2D eigenvalue weighted by Gasteiger charge is -2.32. The fourth-order valence-electron chi connectivity index (χ4n) is 3.10. The molecule has 1 aliphatic rings. The molecule has 3 rings (SSSR count). The molecule has 0 bridgehead atoms. The van der Waals surface area contributed by atoms with Crippen LogP contribution in [-0.2, 0) is 0 Å². The number of hydrogen-bond donors (Lipinski definition) is 0. The molecule has 120 valence electrons. The Balaban J connectivity index is 0.00000176. The van der Waals surface area contributed by atoms with E-state index in [2.05, 4.69) is 35.9 Å². The average molecular weight is 321 g/mol. The number of aryl methyl sites for hydroxylation is 1. The van der Waals surface area contributed by atoms with Crippen LogP contribution < -0.4 is 4.74 Å². The van der Waals surface area contributed by atoms with Crippen LogP contribution in [0, 0.1) is 6.92 Å². The number of piperidine rings is 1. The van der Waals surface area contributed by atoms with Crippen molar-refractivity contribution in [1.29, 1.82) is 0 Å². The Morgan fingerprint density at radius 2 is 2.00 bits per heavy atom. The molecule has 0 N–H and O–H groups in total. The van der Waals surface area contributed by atoms with E-state index in [0.717, 1.165) is 31.7 Å². The first kappa shape index (κ1) is 17.0. The van der Waals surface area contributed by atoms with E-state index in [1.165, 1.54) is 29.3 Å². The highest BCUT2D eigenvalue weighted by Crippen LogP contribution is 2.27. The molecule has 4 heteroatoms. The minimum Gasteiger partial charge on any atom is -0.490 e. The van der Waals surface area contributed by atoms with Gasteiger partial charge in [0.1, 0.15) is 11.9 Å². The molecular weight excluding hydrogens is 296 g/mol. The van der Waals surface area contributed by atoms with Gasteiger partial charge in [-0.05, 0) is 61.9 Å². The predicted octanol–water partition coefficient (Wildman–Crippen LogP) is 4.22. The summed E-state index contributed by atoms with van der Waals surface area (Å²) >= 11 is 0. The second-order valence-electron chi connectivity index (χ2n) is 6.00. The minimum absolute atomic E-state index is 0. The number of fused-ring (bicyclic) bond motifs is 1. The largest absolute Gasteiger partial charge is 0.490 e. The number of aromatic nitrogens is 1. The van der Waals surface area contributed by atoms with Gasteiger partial charge in [-0.1, -0.05) is 6.92 Å². The number of benzene rings is 1. The zero-order valence-corrected chi connectivity index (χ0v) is 14.2. The van der Waals surface area contributed by atoms with Crippen LogP contribution in [0.5, 0.6) is 5.75 Å². The third-order valence-corrected chi connectivity index (χ3v) is 4.30. The van der Waals surface area contributed by atoms with Gasteiger partial charge in [-0.15, -0.1) is 12.4 Å². The molecule has 0 radical (unpaired) electrons. The smallest absolute Gasteiger partial charge is 0.123 e. The summed E-state index contributed by atoms with van der Waals surface area (Å²) in [6.07, 6.45) is 7.61. The maximum Gasteiger partial charge on any atom is 0.123 e. The molecule has 1 aromatic heterocycles. The van der Waals surface area contributed by atoms with Crippen LogP contribution in [0.4, 0.5) is 0 Å². The molecule has 1 aliphatic heterocycles. The summed E-state index contributed by atoms with van der Waals surface area (Å²) in [6, 6.07) is 6.38. The molecular formula is C18H25ClN2O. The average Bonchev–Trinajstić information content (AvgIpc) is 2.50. The van der Waals surface area contributed by atoms with Crippen LogP contribution in [-0.4, -0.2) is 35.6 Å².